The summed E-state index contributed by atoms with van der Waals surface area (Å²) in [6.07, 6.45) is 0. The lowest BCUT2D eigenvalue weighted by molar-refractivity contribution is 0.272. The first-order chi connectivity index (χ1) is 15.6. The van der Waals surface area contributed by atoms with E-state index >= 15 is 0 Å². The lowest BCUT2D eigenvalue weighted by Gasteiger charge is -2.23. The van der Waals surface area contributed by atoms with E-state index in [2.05, 4.69) is 0 Å². The normalized spacial score (nSPS) is 11.3. The van der Waals surface area contributed by atoms with Crippen molar-refractivity contribution in [2.24, 2.45) is 0 Å². The second-order valence-corrected chi connectivity index (χ2v) is 7.71. The first kappa shape index (κ1) is 23.9. The van der Waals surface area contributed by atoms with E-state index < -0.39 is 40.0 Å². The number of pyridine rings is 2. The smallest absolute Gasteiger partial charge is 0.258 e. The number of aliphatic hydroxyl groups is 2. The summed E-state index contributed by atoms with van der Waals surface area (Å²) in [5.41, 5.74) is -1.04. The molecule has 10 nitrogen and oxygen atoms in total. The second kappa shape index (κ2) is 9.39. The van der Waals surface area contributed by atoms with Gasteiger partial charge in [-0.15, -0.1) is 0 Å². The Kier molecular flexibility index (Phi) is 6.80. The highest BCUT2D eigenvalue weighted by Crippen LogP contribution is 2.40. The van der Waals surface area contributed by atoms with Crippen molar-refractivity contribution in [1.82, 2.24) is 9.13 Å². The zero-order valence-corrected chi connectivity index (χ0v) is 18.2. The highest BCUT2D eigenvalue weighted by Gasteiger charge is 2.31. The molecule has 6 N–H and O–H groups in total. The van der Waals surface area contributed by atoms with Crippen molar-refractivity contribution >= 4 is 0 Å². The molecule has 0 aliphatic carbocycles. The van der Waals surface area contributed by atoms with Crippen molar-refractivity contribution in [3.05, 3.63) is 79.1 Å². The van der Waals surface area contributed by atoms with E-state index in [1.54, 1.807) is 13.8 Å². The maximum atomic E-state index is 13.4. The number of hydrogen-bond donors (Lipinski definition) is 6. The number of aromatic nitrogens is 2. The van der Waals surface area contributed by atoms with E-state index in [4.69, 9.17) is 0 Å². The predicted octanol–water partition coefficient (Wildman–Crippen LogP) is 0.614. The summed E-state index contributed by atoms with van der Waals surface area (Å²) in [5, 5.41) is 60.1. The van der Waals surface area contributed by atoms with Crippen molar-refractivity contribution in [2.45, 2.75) is 32.9 Å². The van der Waals surface area contributed by atoms with Gasteiger partial charge in [0, 0.05) is 24.5 Å². The van der Waals surface area contributed by atoms with Gasteiger partial charge in [0.05, 0.1) is 30.3 Å². The average molecular weight is 458 g/mol. The number of hydrogen-bond acceptors (Lipinski definition) is 8. The molecular formula is C23H26N2O8. The minimum Gasteiger partial charge on any atom is -0.507 e. The summed E-state index contributed by atoms with van der Waals surface area (Å²) >= 11 is 0. The SMILES string of the molecule is Cc1cc(O)c(C(c2ccc(O)c(O)c2)c2c(O)cc(C)n(CCO)c2=O)c(=O)n1CCO. The standard InChI is InChI=1S/C23H26N2O8/c1-12-9-17(30)20(22(32)24(12)5-7-26)19(14-3-4-15(28)16(29)11-14)21-18(31)10-13(2)25(6-8-27)23(21)33/h3-4,9-11,19,26-31H,5-8H2,1-2H3. The van der Waals surface area contributed by atoms with Crippen LogP contribution in [0.1, 0.15) is 34.0 Å². The third-order valence-electron chi connectivity index (χ3n) is 5.60. The number of nitrogens with zero attached hydrogens (tertiary/aromatic N) is 2. The molecule has 0 bridgehead atoms. The Morgan fingerprint density at radius 2 is 1.15 bits per heavy atom. The van der Waals surface area contributed by atoms with Gasteiger partial charge in [0.15, 0.2) is 11.5 Å². The van der Waals surface area contributed by atoms with Gasteiger partial charge in [0.1, 0.15) is 11.5 Å². The Hall–Kier alpha value is -3.76. The predicted molar refractivity (Wildman–Crippen MR) is 119 cm³/mol. The second-order valence-electron chi connectivity index (χ2n) is 7.71. The van der Waals surface area contributed by atoms with Crippen LogP contribution in [0.2, 0.25) is 0 Å². The Morgan fingerprint density at radius 3 is 1.55 bits per heavy atom. The highest BCUT2D eigenvalue weighted by atomic mass is 16.3. The number of rotatable bonds is 7. The number of aromatic hydroxyl groups is 4. The van der Waals surface area contributed by atoms with Crippen LogP contribution >= 0.6 is 0 Å². The van der Waals surface area contributed by atoms with E-state index in [1.807, 2.05) is 0 Å². The van der Waals surface area contributed by atoms with Gasteiger partial charge in [-0.3, -0.25) is 9.59 Å². The molecule has 3 rings (SSSR count). The van der Waals surface area contributed by atoms with Gasteiger partial charge in [-0.05, 0) is 43.7 Å². The lowest BCUT2D eigenvalue weighted by Crippen LogP contribution is -2.33. The van der Waals surface area contributed by atoms with Gasteiger partial charge >= 0.3 is 0 Å². The number of phenolic OH excluding ortho intramolecular Hbond substituents is 2. The molecule has 2 aromatic heterocycles. The van der Waals surface area contributed by atoms with Crippen molar-refractivity contribution < 1.29 is 30.6 Å². The molecule has 0 aliphatic rings. The molecule has 0 saturated heterocycles. The molecule has 10 heteroatoms. The largest absolute Gasteiger partial charge is 0.507 e. The van der Waals surface area contributed by atoms with Crippen LogP contribution in [0.25, 0.3) is 0 Å². The van der Waals surface area contributed by atoms with Crippen LogP contribution in [0.3, 0.4) is 0 Å². The van der Waals surface area contributed by atoms with Crippen LogP contribution in [0, 0.1) is 13.8 Å². The van der Waals surface area contributed by atoms with Crippen molar-refractivity contribution in [3.8, 4) is 23.0 Å². The monoisotopic (exact) mass is 458 g/mol. The topological polar surface area (TPSA) is 165 Å². The molecule has 0 spiro atoms. The maximum Gasteiger partial charge on any atom is 0.258 e. The Labute approximate surface area is 188 Å². The Bertz CT molecular complexity index is 1230. The molecule has 0 saturated carbocycles. The van der Waals surface area contributed by atoms with E-state index in [0.29, 0.717) is 11.4 Å². The van der Waals surface area contributed by atoms with Crippen LogP contribution in [0.15, 0.2) is 39.9 Å². The molecule has 0 aliphatic heterocycles. The lowest BCUT2D eigenvalue weighted by atomic mass is 9.84. The van der Waals surface area contributed by atoms with Crippen molar-refractivity contribution in [3.63, 3.8) is 0 Å². The summed E-state index contributed by atoms with van der Waals surface area (Å²) in [5.74, 6) is -3.20. The fraction of sp³-hybridized carbons (Fsp3) is 0.304. The van der Waals surface area contributed by atoms with E-state index in [9.17, 15) is 40.2 Å². The third kappa shape index (κ3) is 4.30. The number of phenols is 2. The van der Waals surface area contributed by atoms with Gasteiger partial charge in [0.2, 0.25) is 0 Å². The fourth-order valence-corrected chi connectivity index (χ4v) is 4.03. The Balaban J connectivity index is 2.47. The van der Waals surface area contributed by atoms with Gasteiger partial charge in [0.25, 0.3) is 11.1 Å². The summed E-state index contributed by atoms with van der Waals surface area (Å²) in [6, 6.07) is 6.25. The van der Waals surface area contributed by atoms with Crippen LogP contribution in [-0.2, 0) is 13.1 Å². The van der Waals surface area contributed by atoms with Crippen molar-refractivity contribution in [1.29, 1.82) is 0 Å². The number of aryl methyl sites for hydroxylation is 2. The molecule has 176 valence electrons. The molecule has 0 amide bonds. The molecule has 0 radical (unpaired) electrons. The summed E-state index contributed by atoms with van der Waals surface area (Å²) in [7, 11) is 0. The zero-order valence-electron chi connectivity index (χ0n) is 18.2. The van der Waals surface area contributed by atoms with Crippen LogP contribution in [-0.4, -0.2) is 53.0 Å². The molecule has 1 aromatic carbocycles. The molecular weight excluding hydrogens is 432 g/mol. The van der Waals surface area contributed by atoms with Gasteiger partial charge in [-0.25, -0.2) is 0 Å². The molecule has 3 aromatic rings. The van der Waals surface area contributed by atoms with Crippen LogP contribution in [0.4, 0.5) is 0 Å². The van der Waals surface area contributed by atoms with Gasteiger partial charge < -0.3 is 39.8 Å². The van der Waals surface area contributed by atoms with E-state index in [0.717, 1.165) is 12.1 Å². The first-order valence-corrected chi connectivity index (χ1v) is 10.2. The summed E-state index contributed by atoms with van der Waals surface area (Å²) in [4.78, 5) is 26.8. The minimum absolute atomic E-state index is 0.0693. The van der Waals surface area contributed by atoms with Gasteiger partial charge in [-0.1, -0.05) is 6.07 Å². The fourth-order valence-electron chi connectivity index (χ4n) is 4.03. The summed E-state index contributed by atoms with van der Waals surface area (Å²) in [6.45, 7) is 2.29. The highest BCUT2D eigenvalue weighted by molar-refractivity contribution is 5.54. The molecule has 0 unspecified atom stereocenters. The average Bonchev–Trinajstić information content (AvgIpc) is 2.74. The quantitative estimate of drug-likeness (QED) is 0.280. The Morgan fingerprint density at radius 1 is 0.697 bits per heavy atom. The first-order valence-electron chi connectivity index (χ1n) is 10.2. The molecule has 0 fully saturated rings. The van der Waals surface area contributed by atoms with Crippen LogP contribution in [0.5, 0.6) is 23.0 Å². The molecule has 0 atom stereocenters. The van der Waals surface area contributed by atoms with Gasteiger partial charge in [-0.2, -0.15) is 0 Å². The zero-order chi connectivity index (χ0) is 24.4. The number of aliphatic hydroxyl groups excluding tert-OH is 2. The molecule has 33 heavy (non-hydrogen) atoms. The maximum absolute atomic E-state index is 13.4. The molecule has 2 heterocycles. The number of benzene rings is 1. The third-order valence-corrected chi connectivity index (χ3v) is 5.60. The minimum atomic E-state index is -1.34. The van der Waals surface area contributed by atoms with Crippen LogP contribution < -0.4 is 11.1 Å². The van der Waals surface area contributed by atoms with E-state index in [1.165, 1.54) is 27.3 Å². The van der Waals surface area contributed by atoms with E-state index in [-0.39, 0.29) is 43.0 Å². The van der Waals surface area contributed by atoms with Crippen molar-refractivity contribution in [2.75, 3.05) is 13.2 Å². The summed E-state index contributed by atoms with van der Waals surface area (Å²) < 4.78 is 2.44.